The standard InChI is InChI=1S/C5H13NO.H4Si/c1-5(2)7-6(3)4;/h5H,1-4H3;1H4. The lowest BCUT2D eigenvalue weighted by Crippen LogP contribution is -2.17. The van der Waals surface area contributed by atoms with E-state index in [2.05, 4.69) is 0 Å². The van der Waals surface area contributed by atoms with Gasteiger partial charge >= 0.3 is 0 Å². The van der Waals surface area contributed by atoms with Gasteiger partial charge in [0.2, 0.25) is 0 Å². The van der Waals surface area contributed by atoms with E-state index in [0.717, 1.165) is 0 Å². The minimum Gasteiger partial charge on any atom is -0.297 e. The molecule has 0 amide bonds. The Morgan fingerprint density at radius 1 is 1.25 bits per heavy atom. The van der Waals surface area contributed by atoms with Gasteiger partial charge in [0.15, 0.2) is 0 Å². The molecule has 0 rings (SSSR count). The van der Waals surface area contributed by atoms with Crippen molar-refractivity contribution in [3.8, 4) is 0 Å². The van der Waals surface area contributed by atoms with E-state index in [-0.39, 0.29) is 11.0 Å². The summed E-state index contributed by atoms with van der Waals surface area (Å²) in [4.78, 5) is 5.08. The molecule has 0 unspecified atom stereocenters. The second-order valence-electron chi connectivity index (χ2n) is 1.97. The largest absolute Gasteiger partial charge is 0.297 e. The highest BCUT2D eigenvalue weighted by Crippen LogP contribution is 1.87. The molecule has 2 nitrogen and oxygen atoms in total. The fraction of sp³-hybridized carbons (Fsp3) is 1.00. The molecule has 0 saturated heterocycles. The van der Waals surface area contributed by atoms with E-state index < -0.39 is 0 Å². The van der Waals surface area contributed by atoms with Crippen molar-refractivity contribution < 1.29 is 4.84 Å². The minimum atomic E-state index is 0. The van der Waals surface area contributed by atoms with E-state index in [1.807, 2.05) is 27.9 Å². The van der Waals surface area contributed by atoms with Crippen LogP contribution in [0.2, 0.25) is 0 Å². The Hall–Kier alpha value is 0.137. The van der Waals surface area contributed by atoms with Crippen molar-refractivity contribution in [2.24, 2.45) is 0 Å². The fourth-order valence-electron chi connectivity index (χ4n) is 0.422. The highest BCUT2D eigenvalue weighted by atomic mass is 28.1. The van der Waals surface area contributed by atoms with Gasteiger partial charge in [0.25, 0.3) is 0 Å². The Bertz CT molecular complexity index is 41.7. The third-order valence-electron chi connectivity index (χ3n) is 0.422. The Labute approximate surface area is 55.8 Å². The molecule has 0 aliphatic heterocycles. The molecule has 0 aromatic heterocycles. The summed E-state index contributed by atoms with van der Waals surface area (Å²) < 4.78 is 0. The first kappa shape index (κ1) is 11.0. The predicted molar refractivity (Wildman–Crippen MR) is 41.2 cm³/mol. The van der Waals surface area contributed by atoms with Crippen molar-refractivity contribution in [3.05, 3.63) is 0 Å². The molecule has 0 aliphatic rings. The number of hydrogen-bond acceptors (Lipinski definition) is 2. The molecular formula is C5H17NOSi. The van der Waals surface area contributed by atoms with Crippen LogP contribution >= 0.6 is 0 Å². The van der Waals surface area contributed by atoms with Crippen molar-refractivity contribution in [1.82, 2.24) is 5.06 Å². The van der Waals surface area contributed by atoms with Crippen LogP contribution in [0.5, 0.6) is 0 Å². The molecule has 0 aromatic carbocycles. The number of nitrogens with zero attached hydrogens (tertiary/aromatic N) is 1. The SMILES string of the molecule is CC(C)ON(C)C.[SiH4]. The molecule has 0 aromatic rings. The second-order valence-corrected chi connectivity index (χ2v) is 1.97. The van der Waals surface area contributed by atoms with E-state index in [0.29, 0.717) is 6.10 Å². The maximum absolute atomic E-state index is 5.08. The molecular weight excluding hydrogens is 118 g/mol. The molecule has 0 atom stereocenters. The molecule has 0 fully saturated rings. The Balaban J connectivity index is 0. The second kappa shape index (κ2) is 5.28. The van der Waals surface area contributed by atoms with Crippen molar-refractivity contribution in [1.29, 1.82) is 0 Å². The van der Waals surface area contributed by atoms with Gasteiger partial charge in [-0.15, -0.1) is 0 Å². The fourth-order valence-corrected chi connectivity index (χ4v) is 0.422. The number of hydroxylamine groups is 2. The van der Waals surface area contributed by atoms with Crippen molar-refractivity contribution >= 4 is 11.0 Å². The van der Waals surface area contributed by atoms with Gasteiger partial charge in [-0.3, -0.25) is 4.84 Å². The summed E-state index contributed by atoms with van der Waals surface area (Å²) in [5, 5.41) is 1.70. The zero-order chi connectivity index (χ0) is 5.86. The van der Waals surface area contributed by atoms with Gasteiger partial charge in [-0.25, -0.2) is 0 Å². The van der Waals surface area contributed by atoms with Crippen LogP contribution in [0.15, 0.2) is 0 Å². The molecule has 3 heteroatoms. The number of hydrogen-bond donors (Lipinski definition) is 0. The van der Waals surface area contributed by atoms with Gasteiger partial charge in [-0.05, 0) is 24.8 Å². The summed E-state index contributed by atoms with van der Waals surface area (Å²) in [7, 11) is 3.75. The van der Waals surface area contributed by atoms with Gasteiger partial charge < -0.3 is 0 Å². The van der Waals surface area contributed by atoms with Crippen LogP contribution in [0.1, 0.15) is 13.8 Å². The van der Waals surface area contributed by atoms with Gasteiger partial charge in [0, 0.05) is 14.1 Å². The minimum absolute atomic E-state index is 0. The monoisotopic (exact) mass is 135 g/mol. The highest BCUT2D eigenvalue weighted by molar-refractivity contribution is 5.75. The molecule has 0 spiro atoms. The quantitative estimate of drug-likeness (QED) is 0.372. The van der Waals surface area contributed by atoms with E-state index >= 15 is 0 Å². The van der Waals surface area contributed by atoms with E-state index in [4.69, 9.17) is 4.84 Å². The summed E-state index contributed by atoms with van der Waals surface area (Å²) >= 11 is 0. The normalized spacial score (nSPS) is 9.75. The molecule has 8 heavy (non-hydrogen) atoms. The first-order valence-corrected chi connectivity index (χ1v) is 2.47. The van der Waals surface area contributed by atoms with Crippen molar-refractivity contribution in [2.75, 3.05) is 14.1 Å². The molecule has 0 aliphatic carbocycles. The van der Waals surface area contributed by atoms with Gasteiger partial charge in [-0.2, -0.15) is 5.06 Å². The summed E-state index contributed by atoms with van der Waals surface area (Å²) in [5.74, 6) is 0. The van der Waals surface area contributed by atoms with Gasteiger partial charge in [-0.1, -0.05) is 0 Å². The molecule has 0 heterocycles. The third kappa shape index (κ3) is 9.46. The predicted octanol–water partition coefficient (Wildman–Crippen LogP) is -0.564. The molecule has 0 radical (unpaired) electrons. The average Bonchev–Trinajstić information content (AvgIpc) is 1.27. The van der Waals surface area contributed by atoms with Crippen LogP contribution in [0.3, 0.4) is 0 Å². The molecule has 0 bridgehead atoms. The van der Waals surface area contributed by atoms with E-state index in [1.165, 1.54) is 0 Å². The van der Waals surface area contributed by atoms with Crippen LogP contribution in [-0.2, 0) is 4.84 Å². The van der Waals surface area contributed by atoms with Gasteiger partial charge in [0.05, 0.1) is 6.10 Å². The molecule has 0 N–H and O–H groups in total. The maximum Gasteiger partial charge on any atom is 0.0736 e. The average molecular weight is 135 g/mol. The zero-order valence-corrected chi connectivity index (χ0v) is 5.43. The van der Waals surface area contributed by atoms with E-state index in [9.17, 15) is 0 Å². The van der Waals surface area contributed by atoms with E-state index in [1.54, 1.807) is 5.06 Å². The van der Waals surface area contributed by atoms with Crippen LogP contribution in [0.25, 0.3) is 0 Å². The Morgan fingerprint density at radius 2 is 1.62 bits per heavy atom. The molecule has 52 valence electrons. The highest BCUT2D eigenvalue weighted by Gasteiger charge is 1.91. The number of rotatable bonds is 2. The summed E-state index contributed by atoms with van der Waals surface area (Å²) in [6, 6.07) is 0. The van der Waals surface area contributed by atoms with Gasteiger partial charge in [0.1, 0.15) is 0 Å². The summed E-state index contributed by atoms with van der Waals surface area (Å²) in [6.45, 7) is 4.00. The topological polar surface area (TPSA) is 12.5 Å². The third-order valence-corrected chi connectivity index (χ3v) is 0.422. The van der Waals surface area contributed by atoms with Crippen LogP contribution in [-0.4, -0.2) is 36.2 Å². The lowest BCUT2D eigenvalue weighted by Gasteiger charge is -2.12. The molecule has 0 saturated carbocycles. The van der Waals surface area contributed by atoms with Crippen molar-refractivity contribution in [3.63, 3.8) is 0 Å². The smallest absolute Gasteiger partial charge is 0.0736 e. The van der Waals surface area contributed by atoms with Crippen molar-refractivity contribution in [2.45, 2.75) is 20.0 Å². The zero-order valence-electron chi connectivity index (χ0n) is 5.43. The lowest BCUT2D eigenvalue weighted by atomic mass is 10.5. The Kier molecular flexibility index (Phi) is 7.26. The first-order chi connectivity index (χ1) is 3.13. The summed E-state index contributed by atoms with van der Waals surface area (Å²) in [6.07, 6.45) is 0.301. The van der Waals surface area contributed by atoms with Crippen LogP contribution in [0.4, 0.5) is 0 Å². The summed E-state index contributed by atoms with van der Waals surface area (Å²) in [5.41, 5.74) is 0. The van der Waals surface area contributed by atoms with Crippen LogP contribution < -0.4 is 0 Å². The Morgan fingerprint density at radius 3 is 1.62 bits per heavy atom. The maximum atomic E-state index is 5.08. The lowest BCUT2D eigenvalue weighted by molar-refractivity contribution is -0.151. The first-order valence-electron chi connectivity index (χ1n) is 2.47. The van der Waals surface area contributed by atoms with Crippen LogP contribution in [0, 0.1) is 0 Å².